The minimum absolute atomic E-state index is 0.913. The van der Waals surface area contributed by atoms with Gasteiger partial charge in [0.15, 0.2) is 4.34 Å². The van der Waals surface area contributed by atoms with E-state index in [0.29, 0.717) is 0 Å². The first-order valence-corrected chi connectivity index (χ1v) is 7.77. The molecule has 2 heterocycles. The van der Waals surface area contributed by atoms with Crippen molar-refractivity contribution in [2.45, 2.75) is 17.0 Å². The van der Waals surface area contributed by atoms with Gasteiger partial charge in [0.1, 0.15) is 0 Å². The molecule has 0 aliphatic rings. The maximum Gasteiger partial charge on any atom is 0.217 e. The summed E-state index contributed by atoms with van der Waals surface area (Å²) in [5.41, 5.74) is 2.60. The van der Waals surface area contributed by atoms with Gasteiger partial charge in [-0.1, -0.05) is 52.9 Å². The van der Waals surface area contributed by atoms with Crippen LogP contribution >= 0.6 is 23.1 Å². The van der Waals surface area contributed by atoms with Gasteiger partial charge in [-0.15, -0.1) is 10.2 Å². The van der Waals surface area contributed by atoms with Crippen LogP contribution in [0.5, 0.6) is 0 Å². The Bertz CT molecular complexity index is 642. The van der Waals surface area contributed by atoms with Gasteiger partial charge in [0, 0.05) is 18.1 Å². The van der Waals surface area contributed by atoms with E-state index in [-0.39, 0.29) is 0 Å². The zero-order chi connectivity index (χ0) is 13.1. The quantitative estimate of drug-likeness (QED) is 0.681. The van der Waals surface area contributed by atoms with E-state index < -0.39 is 0 Å². The summed E-state index contributed by atoms with van der Waals surface area (Å²) in [4.78, 5) is 0. The average molecular weight is 287 g/mol. The zero-order valence-electron chi connectivity index (χ0n) is 10.5. The lowest BCUT2D eigenvalue weighted by atomic mass is 10.2. The normalized spacial score (nSPS) is 10.8. The van der Waals surface area contributed by atoms with Gasteiger partial charge in [0.05, 0.1) is 0 Å². The Morgan fingerprint density at radius 2 is 1.84 bits per heavy atom. The number of thioether (sulfide) groups is 1. The molecule has 0 N–H and O–H groups in total. The molecule has 0 spiro atoms. The number of benzene rings is 1. The Morgan fingerprint density at radius 1 is 1.11 bits per heavy atom. The molecule has 2 aromatic heterocycles. The van der Waals surface area contributed by atoms with Gasteiger partial charge in [-0.25, -0.2) is 0 Å². The van der Waals surface area contributed by atoms with Crippen molar-refractivity contribution in [3.8, 4) is 5.13 Å². The third-order valence-corrected chi connectivity index (χ3v) is 4.85. The first-order chi connectivity index (χ1) is 9.31. The molecule has 0 saturated heterocycles. The lowest BCUT2D eigenvalue weighted by Crippen LogP contribution is -1.86. The van der Waals surface area contributed by atoms with Crippen LogP contribution in [-0.4, -0.2) is 14.8 Å². The van der Waals surface area contributed by atoms with E-state index in [4.69, 9.17) is 0 Å². The van der Waals surface area contributed by atoms with Gasteiger partial charge in [-0.2, -0.15) is 0 Å². The largest absolute Gasteiger partial charge is 0.299 e. The highest BCUT2D eigenvalue weighted by Gasteiger charge is 2.06. The molecule has 96 valence electrons. The fourth-order valence-corrected chi connectivity index (χ4v) is 3.42. The van der Waals surface area contributed by atoms with Crippen molar-refractivity contribution in [2.24, 2.45) is 0 Å². The van der Waals surface area contributed by atoms with Crippen LogP contribution in [0.25, 0.3) is 5.13 Å². The summed E-state index contributed by atoms with van der Waals surface area (Å²) in [6.45, 7) is 2.10. The lowest BCUT2D eigenvalue weighted by molar-refractivity contribution is 0.941. The van der Waals surface area contributed by atoms with Gasteiger partial charge < -0.3 is 0 Å². The van der Waals surface area contributed by atoms with E-state index in [9.17, 15) is 0 Å². The molecule has 5 heteroatoms. The monoisotopic (exact) mass is 287 g/mol. The summed E-state index contributed by atoms with van der Waals surface area (Å²) in [5, 5.41) is 9.32. The minimum atomic E-state index is 0.913. The van der Waals surface area contributed by atoms with E-state index in [1.54, 1.807) is 23.1 Å². The smallest absolute Gasteiger partial charge is 0.217 e. The highest BCUT2D eigenvalue weighted by Crippen LogP contribution is 2.27. The molecule has 0 bridgehead atoms. The van der Waals surface area contributed by atoms with Gasteiger partial charge in [-0.05, 0) is 24.6 Å². The van der Waals surface area contributed by atoms with Crippen molar-refractivity contribution in [2.75, 3.05) is 0 Å². The van der Waals surface area contributed by atoms with Crippen molar-refractivity contribution in [1.29, 1.82) is 0 Å². The van der Waals surface area contributed by atoms with Crippen molar-refractivity contribution in [3.63, 3.8) is 0 Å². The van der Waals surface area contributed by atoms with Gasteiger partial charge in [0.25, 0.3) is 0 Å². The zero-order valence-corrected chi connectivity index (χ0v) is 12.1. The van der Waals surface area contributed by atoms with Crippen LogP contribution in [0, 0.1) is 6.92 Å². The Kier molecular flexibility index (Phi) is 3.66. The predicted molar refractivity (Wildman–Crippen MR) is 80.0 cm³/mol. The number of hydrogen-bond acceptors (Lipinski definition) is 4. The molecule has 0 radical (unpaired) electrons. The second-order valence-corrected chi connectivity index (χ2v) is 6.39. The maximum absolute atomic E-state index is 4.22. The van der Waals surface area contributed by atoms with Crippen molar-refractivity contribution >= 4 is 23.1 Å². The Balaban J connectivity index is 1.66. The van der Waals surface area contributed by atoms with Gasteiger partial charge >= 0.3 is 0 Å². The molecule has 0 aliphatic carbocycles. The summed E-state index contributed by atoms with van der Waals surface area (Å²) in [6, 6.07) is 12.6. The van der Waals surface area contributed by atoms with Crippen LogP contribution in [0.3, 0.4) is 0 Å². The van der Waals surface area contributed by atoms with Crippen molar-refractivity contribution in [3.05, 3.63) is 59.9 Å². The molecule has 3 rings (SSSR count). The Hall–Kier alpha value is -1.59. The second kappa shape index (κ2) is 5.59. The standard InChI is InChI=1S/C14H13N3S2/c1-11-4-6-12(7-5-11)10-18-14-16-15-13(19-14)17-8-2-3-9-17/h2-9H,10H2,1H3. The number of aryl methyl sites for hydroxylation is 1. The molecule has 3 aromatic rings. The summed E-state index contributed by atoms with van der Waals surface area (Å²) in [6.07, 6.45) is 3.96. The molecule has 0 amide bonds. The lowest BCUT2D eigenvalue weighted by Gasteiger charge is -1.99. The van der Waals surface area contributed by atoms with Crippen LogP contribution in [0.15, 0.2) is 53.1 Å². The van der Waals surface area contributed by atoms with E-state index in [1.165, 1.54) is 11.1 Å². The van der Waals surface area contributed by atoms with Gasteiger partial charge in [0.2, 0.25) is 5.13 Å². The van der Waals surface area contributed by atoms with Crippen molar-refractivity contribution < 1.29 is 0 Å². The van der Waals surface area contributed by atoms with Crippen LogP contribution in [0.1, 0.15) is 11.1 Å². The van der Waals surface area contributed by atoms with E-state index in [0.717, 1.165) is 15.2 Å². The molecule has 0 saturated carbocycles. The first kappa shape index (κ1) is 12.4. The first-order valence-electron chi connectivity index (χ1n) is 5.96. The number of aromatic nitrogens is 3. The topological polar surface area (TPSA) is 30.7 Å². The highest BCUT2D eigenvalue weighted by atomic mass is 32.2. The van der Waals surface area contributed by atoms with Crippen molar-refractivity contribution in [1.82, 2.24) is 14.8 Å². The second-order valence-electron chi connectivity index (χ2n) is 4.22. The third kappa shape index (κ3) is 3.05. The third-order valence-electron chi connectivity index (χ3n) is 2.70. The van der Waals surface area contributed by atoms with Crippen LogP contribution in [0.2, 0.25) is 0 Å². The molecule has 3 nitrogen and oxygen atoms in total. The van der Waals surface area contributed by atoms with Crippen LogP contribution < -0.4 is 0 Å². The molecule has 1 aromatic carbocycles. The van der Waals surface area contributed by atoms with Crippen LogP contribution in [-0.2, 0) is 5.75 Å². The summed E-state index contributed by atoms with van der Waals surface area (Å²) >= 11 is 3.35. The minimum Gasteiger partial charge on any atom is -0.299 e. The Morgan fingerprint density at radius 3 is 2.58 bits per heavy atom. The summed E-state index contributed by atoms with van der Waals surface area (Å²) in [7, 11) is 0. The highest BCUT2D eigenvalue weighted by molar-refractivity contribution is 8.00. The average Bonchev–Trinajstić information content (AvgIpc) is 3.09. The van der Waals surface area contributed by atoms with E-state index >= 15 is 0 Å². The molecular weight excluding hydrogens is 274 g/mol. The molecule has 19 heavy (non-hydrogen) atoms. The summed E-state index contributed by atoms with van der Waals surface area (Å²) in [5.74, 6) is 0.931. The van der Waals surface area contributed by atoms with Gasteiger partial charge in [-0.3, -0.25) is 4.57 Å². The molecule has 0 aliphatic heterocycles. The fraction of sp³-hybridized carbons (Fsp3) is 0.143. The maximum atomic E-state index is 4.22. The van der Waals surface area contributed by atoms with E-state index in [2.05, 4.69) is 41.4 Å². The molecular formula is C14H13N3S2. The summed E-state index contributed by atoms with van der Waals surface area (Å²) < 4.78 is 2.98. The number of nitrogens with zero attached hydrogens (tertiary/aromatic N) is 3. The SMILES string of the molecule is Cc1ccc(CSc2nnc(-n3cccc3)s2)cc1. The van der Waals surface area contributed by atoms with Crippen LogP contribution in [0.4, 0.5) is 0 Å². The fourth-order valence-electron chi connectivity index (χ4n) is 1.66. The molecule has 0 fully saturated rings. The van der Waals surface area contributed by atoms with E-state index in [1.807, 2.05) is 29.1 Å². The predicted octanol–water partition coefficient (Wildman–Crippen LogP) is 3.93. The molecule has 0 unspecified atom stereocenters. The Labute approximate surface area is 120 Å². The molecule has 0 atom stereocenters. The number of rotatable bonds is 4. The number of hydrogen-bond donors (Lipinski definition) is 0.